The molecule has 22 heavy (non-hydrogen) atoms. The number of anilines is 2. The molecule has 0 radical (unpaired) electrons. The van der Waals surface area contributed by atoms with Gasteiger partial charge in [0.2, 0.25) is 0 Å². The van der Waals surface area contributed by atoms with Gasteiger partial charge in [-0.05, 0) is 67.5 Å². The van der Waals surface area contributed by atoms with E-state index in [1.54, 1.807) is 0 Å². The van der Waals surface area contributed by atoms with Crippen molar-refractivity contribution in [2.45, 2.75) is 20.0 Å². The number of aryl methyl sites for hydroxylation is 2. The zero-order chi connectivity index (χ0) is 16.3. The van der Waals surface area contributed by atoms with Crippen molar-refractivity contribution in [2.24, 2.45) is 0 Å². The predicted molar refractivity (Wildman–Crippen MR) is 87.2 cm³/mol. The van der Waals surface area contributed by atoms with E-state index in [1.165, 1.54) is 12.1 Å². The summed E-state index contributed by atoms with van der Waals surface area (Å²) in [7, 11) is 0. The zero-order valence-electron chi connectivity index (χ0n) is 12.1. The van der Waals surface area contributed by atoms with E-state index in [2.05, 4.69) is 10.6 Å². The molecular weight excluding hydrogens is 309 g/mol. The molecule has 0 amide bonds. The number of thiocarbonyl (C=S) groups is 1. The van der Waals surface area contributed by atoms with Gasteiger partial charge in [0, 0.05) is 11.4 Å². The Morgan fingerprint density at radius 3 is 2.09 bits per heavy atom. The summed E-state index contributed by atoms with van der Waals surface area (Å²) in [5.74, 6) is 0. The molecule has 6 heteroatoms. The van der Waals surface area contributed by atoms with Gasteiger partial charge in [0.1, 0.15) is 0 Å². The monoisotopic (exact) mass is 324 g/mol. The molecule has 0 bridgehead atoms. The average Bonchev–Trinajstić information content (AvgIpc) is 2.36. The molecule has 0 aliphatic carbocycles. The van der Waals surface area contributed by atoms with Gasteiger partial charge in [-0.1, -0.05) is 12.1 Å². The minimum Gasteiger partial charge on any atom is -0.332 e. The molecule has 2 aromatic rings. The Balaban J connectivity index is 2.09. The van der Waals surface area contributed by atoms with Crippen LogP contribution in [0.2, 0.25) is 0 Å². The van der Waals surface area contributed by atoms with Crippen molar-refractivity contribution in [3.8, 4) is 0 Å². The molecule has 0 atom stereocenters. The lowest BCUT2D eigenvalue weighted by molar-refractivity contribution is -0.137. The summed E-state index contributed by atoms with van der Waals surface area (Å²) in [6.07, 6.45) is -4.37. The highest BCUT2D eigenvalue weighted by molar-refractivity contribution is 7.80. The molecule has 2 nitrogen and oxygen atoms in total. The topological polar surface area (TPSA) is 24.1 Å². The molecule has 0 saturated carbocycles. The van der Waals surface area contributed by atoms with Gasteiger partial charge in [-0.25, -0.2) is 0 Å². The summed E-state index contributed by atoms with van der Waals surface area (Å²) in [5.41, 5.74) is 2.51. The van der Waals surface area contributed by atoms with E-state index in [1.807, 2.05) is 32.0 Å². The van der Waals surface area contributed by atoms with Gasteiger partial charge in [-0.15, -0.1) is 0 Å². The quantitative estimate of drug-likeness (QED) is 0.749. The fourth-order valence-electron chi connectivity index (χ4n) is 2.11. The van der Waals surface area contributed by atoms with Crippen LogP contribution in [0.25, 0.3) is 0 Å². The molecular formula is C16H15F3N2S. The number of halogens is 3. The molecule has 0 saturated heterocycles. The second kappa shape index (κ2) is 6.36. The summed E-state index contributed by atoms with van der Waals surface area (Å²) >= 11 is 5.14. The Kier molecular flexibility index (Phi) is 4.71. The van der Waals surface area contributed by atoms with E-state index in [0.29, 0.717) is 0 Å². The summed E-state index contributed by atoms with van der Waals surface area (Å²) in [6.45, 7) is 3.92. The average molecular weight is 324 g/mol. The molecule has 0 heterocycles. The third-order valence-electron chi connectivity index (χ3n) is 2.93. The normalized spacial score (nSPS) is 11.1. The molecule has 2 rings (SSSR count). The Labute approximate surface area is 132 Å². The summed E-state index contributed by atoms with van der Waals surface area (Å²) < 4.78 is 38.0. The van der Waals surface area contributed by atoms with Crippen molar-refractivity contribution in [3.05, 3.63) is 59.2 Å². The van der Waals surface area contributed by atoms with Crippen LogP contribution in [0.5, 0.6) is 0 Å². The van der Waals surface area contributed by atoms with E-state index >= 15 is 0 Å². The van der Waals surface area contributed by atoms with Gasteiger partial charge in [0.25, 0.3) is 0 Å². The van der Waals surface area contributed by atoms with Crippen molar-refractivity contribution in [2.75, 3.05) is 10.6 Å². The highest BCUT2D eigenvalue weighted by atomic mass is 32.1. The Morgan fingerprint density at radius 1 is 0.909 bits per heavy atom. The summed E-state index contributed by atoms with van der Waals surface area (Å²) in [4.78, 5) is 0. The van der Waals surface area contributed by atoms with E-state index in [9.17, 15) is 13.2 Å². The van der Waals surface area contributed by atoms with Gasteiger partial charge >= 0.3 is 6.18 Å². The number of hydrogen-bond acceptors (Lipinski definition) is 1. The van der Waals surface area contributed by atoms with Crippen LogP contribution in [-0.2, 0) is 6.18 Å². The van der Waals surface area contributed by atoms with Crippen molar-refractivity contribution in [1.82, 2.24) is 0 Å². The Hall–Kier alpha value is -2.08. The predicted octanol–water partition coefficient (Wildman–Crippen LogP) is 5.13. The van der Waals surface area contributed by atoms with Crippen LogP contribution in [-0.4, -0.2) is 5.11 Å². The molecule has 0 fully saturated rings. The van der Waals surface area contributed by atoms with Gasteiger partial charge < -0.3 is 10.6 Å². The first kappa shape index (κ1) is 16.3. The SMILES string of the molecule is Cc1cc(C)cc(NC(=S)Nc2cccc(C(F)(F)F)c2)c1. The lowest BCUT2D eigenvalue weighted by Crippen LogP contribution is -2.19. The van der Waals surface area contributed by atoms with E-state index in [0.717, 1.165) is 28.9 Å². The number of benzene rings is 2. The lowest BCUT2D eigenvalue weighted by atomic mass is 10.1. The molecule has 2 N–H and O–H groups in total. The summed E-state index contributed by atoms with van der Waals surface area (Å²) in [5, 5.41) is 5.97. The first-order valence-electron chi connectivity index (χ1n) is 6.57. The standard InChI is InChI=1S/C16H15F3N2S/c1-10-6-11(2)8-14(7-10)21-15(22)20-13-5-3-4-12(9-13)16(17,18)19/h3-9H,1-2H3,(H2,20,21,22). The number of rotatable bonds is 2. The van der Waals surface area contributed by atoms with Crippen LogP contribution in [0, 0.1) is 13.8 Å². The second-order valence-corrected chi connectivity index (χ2v) is 5.44. The minimum atomic E-state index is -4.37. The van der Waals surface area contributed by atoms with Crippen LogP contribution in [0.1, 0.15) is 16.7 Å². The molecule has 0 aliphatic heterocycles. The molecule has 116 valence electrons. The van der Waals surface area contributed by atoms with Crippen LogP contribution in [0.4, 0.5) is 24.5 Å². The maximum absolute atomic E-state index is 12.7. The van der Waals surface area contributed by atoms with Gasteiger partial charge in [0.15, 0.2) is 5.11 Å². The highest BCUT2D eigenvalue weighted by Crippen LogP contribution is 2.30. The number of hydrogen-bond donors (Lipinski definition) is 2. The van der Waals surface area contributed by atoms with Crippen LogP contribution >= 0.6 is 12.2 Å². The fourth-order valence-corrected chi connectivity index (χ4v) is 2.35. The van der Waals surface area contributed by atoms with E-state index in [-0.39, 0.29) is 10.8 Å². The summed E-state index contributed by atoms with van der Waals surface area (Å²) in [6, 6.07) is 10.8. The first-order valence-corrected chi connectivity index (χ1v) is 6.98. The highest BCUT2D eigenvalue weighted by Gasteiger charge is 2.30. The minimum absolute atomic E-state index is 0.240. The molecule has 0 aromatic heterocycles. The molecule has 0 aliphatic rings. The zero-order valence-corrected chi connectivity index (χ0v) is 12.9. The van der Waals surface area contributed by atoms with E-state index < -0.39 is 11.7 Å². The van der Waals surface area contributed by atoms with Gasteiger partial charge in [-0.2, -0.15) is 13.2 Å². The maximum Gasteiger partial charge on any atom is 0.416 e. The van der Waals surface area contributed by atoms with Gasteiger partial charge in [-0.3, -0.25) is 0 Å². The van der Waals surface area contributed by atoms with Crippen LogP contribution in [0.3, 0.4) is 0 Å². The lowest BCUT2D eigenvalue weighted by Gasteiger charge is -2.13. The molecule has 0 spiro atoms. The second-order valence-electron chi connectivity index (χ2n) is 5.03. The molecule has 2 aromatic carbocycles. The maximum atomic E-state index is 12.7. The van der Waals surface area contributed by atoms with Gasteiger partial charge in [0.05, 0.1) is 5.56 Å². The Bertz CT molecular complexity index is 676. The number of nitrogens with one attached hydrogen (secondary N) is 2. The smallest absolute Gasteiger partial charge is 0.332 e. The van der Waals surface area contributed by atoms with Crippen LogP contribution in [0.15, 0.2) is 42.5 Å². The van der Waals surface area contributed by atoms with E-state index in [4.69, 9.17) is 12.2 Å². The third kappa shape index (κ3) is 4.46. The third-order valence-corrected chi connectivity index (χ3v) is 3.13. The van der Waals surface area contributed by atoms with Crippen molar-refractivity contribution < 1.29 is 13.2 Å². The molecule has 0 unspecified atom stereocenters. The Morgan fingerprint density at radius 2 is 1.50 bits per heavy atom. The van der Waals surface area contributed by atoms with Crippen LogP contribution < -0.4 is 10.6 Å². The fraction of sp³-hybridized carbons (Fsp3) is 0.188. The van der Waals surface area contributed by atoms with Crippen molar-refractivity contribution in [1.29, 1.82) is 0 Å². The largest absolute Gasteiger partial charge is 0.416 e. The first-order chi connectivity index (χ1) is 10.2. The van der Waals surface area contributed by atoms with Crippen molar-refractivity contribution >= 4 is 28.7 Å². The number of alkyl halides is 3. The van der Waals surface area contributed by atoms with Crippen molar-refractivity contribution in [3.63, 3.8) is 0 Å².